The second kappa shape index (κ2) is 4.48. The molecular weight excluding hydrogens is 164 g/mol. The first-order valence-electron chi connectivity index (χ1n) is 4.09. The molecule has 0 heterocycles. The van der Waals surface area contributed by atoms with Gasteiger partial charge in [-0.05, 0) is 24.6 Å². The number of nitrogens with zero attached hydrogens (tertiary/aromatic N) is 1. The average molecular weight is 176 g/mol. The Morgan fingerprint density at radius 3 is 3.00 bits per heavy atom. The highest BCUT2D eigenvalue weighted by molar-refractivity contribution is 5.30. The highest BCUT2D eigenvalue weighted by atomic mass is 16.5. The predicted molar refractivity (Wildman–Crippen MR) is 50.2 cm³/mol. The van der Waals surface area contributed by atoms with Crippen LogP contribution in [0.1, 0.15) is 18.5 Å². The number of hydrogen-bond acceptors (Lipinski definition) is 3. The number of nitriles is 1. The van der Waals surface area contributed by atoms with Crippen LogP contribution in [0, 0.1) is 11.3 Å². The Balaban J connectivity index is 2.75. The molecule has 0 spiro atoms. The van der Waals surface area contributed by atoms with Gasteiger partial charge in [0.1, 0.15) is 11.8 Å². The van der Waals surface area contributed by atoms with E-state index in [0.717, 1.165) is 5.56 Å². The van der Waals surface area contributed by atoms with E-state index in [1.165, 1.54) is 0 Å². The summed E-state index contributed by atoms with van der Waals surface area (Å²) in [6, 6.07) is 9.36. The third-order valence-electron chi connectivity index (χ3n) is 1.69. The lowest BCUT2D eigenvalue weighted by molar-refractivity contribution is 0.367. The van der Waals surface area contributed by atoms with Crippen molar-refractivity contribution in [1.29, 1.82) is 5.26 Å². The molecule has 68 valence electrons. The van der Waals surface area contributed by atoms with Crippen molar-refractivity contribution in [2.24, 2.45) is 5.73 Å². The van der Waals surface area contributed by atoms with Gasteiger partial charge in [0.25, 0.3) is 0 Å². The fraction of sp³-hybridized carbons (Fsp3) is 0.300. The largest absolute Gasteiger partial charge is 0.479 e. The van der Waals surface area contributed by atoms with E-state index in [1.54, 1.807) is 0 Å². The van der Waals surface area contributed by atoms with Crippen molar-refractivity contribution in [2.45, 2.75) is 13.0 Å². The van der Waals surface area contributed by atoms with Crippen molar-refractivity contribution in [3.63, 3.8) is 0 Å². The van der Waals surface area contributed by atoms with E-state index in [-0.39, 0.29) is 12.6 Å². The lowest BCUT2D eigenvalue weighted by atomic mass is 10.1. The Kier molecular flexibility index (Phi) is 3.30. The van der Waals surface area contributed by atoms with E-state index in [9.17, 15) is 0 Å². The smallest absolute Gasteiger partial charge is 0.174 e. The summed E-state index contributed by atoms with van der Waals surface area (Å²) in [4.78, 5) is 0. The van der Waals surface area contributed by atoms with Gasteiger partial charge in [0, 0.05) is 6.04 Å². The van der Waals surface area contributed by atoms with Crippen molar-refractivity contribution < 1.29 is 4.74 Å². The first-order chi connectivity index (χ1) is 6.24. The third kappa shape index (κ3) is 2.77. The predicted octanol–water partition coefficient (Wildman–Crippen LogP) is 1.61. The van der Waals surface area contributed by atoms with E-state index in [0.29, 0.717) is 5.75 Å². The molecule has 1 aromatic carbocycles. The molecule has 0 aliphatic carbocycles. The van der Waals surface area contributed by atoms with Gasteiger partial charge >= 0.3 is 0 Å². The Labute approximate surface area is 77.7 Å². The van der Waals surface area contributed by atoms with E-state index < -0.39 is 0 Å². The molecule has 0 unspecified atom stereocenters. The second-order valence-corrected chi connectivity index (χ2v) is 2.81. The summed E-state index contributed by atoms with van der Waals surface area (Å²) >= 11 is 0. The van der Waals surface area contributed by atoms with Gasteiger partial charge in [-0.25, -0.2) is 0 Å². The molecule has 0 amide bonds. The first kappa shape index (κ1) is 9.56. The van der Waals surface area contributed by atoms with Gasteiger partial charge in [-0.2, -0.15) is 5.26 Å². The monoisotopic (exact) mass is 176 g/mol. The fourth-order valence-electron chi connectivity index (χ4n) is 1.00. The molecule has 0 saturated carbocycles. The number of ether oxygens (including phenoxy) is 1. The number of benzene rings is 1. The van der Waals surface area contributed by atoms with Crippen LogP contribution in [0.5, 0.6) is 5.75 Å². The molecule has 0 bridgehead atoms. The van der Waals surface area contributed by atoms with Gasteiger partial charge in [-0.15, -0.1) is 0 Å². The second-order valence-electron chi connectivity index (χ2n) is 2.81. The van der Waals surface area contributed by atoms with Crippen LogP contribution in [-0.4, -0.2) is 6.61 Å². The molecule has 3 nitrogen and oxygen atoms in total. The molecule has 1 aromatic rings. The minimum absolute atomic E-state index is 0.00867. The highest BCUT2D eigenvalue weighted by Crippen LogP contribution is 2.17. The maximum atomic E-state index is 8.31. The van der Waals surface area contributed by atoms with Gasteiger partial charge in [0.2, 0.25) is 0 Å². The Bertz CT molecular complexity index is 315. The van der Waals surface area contributed by atoms with Crippen LogP contribution < -0.4 is 10.5 Å². The molecule has 0 aliphatic heterocycles. The topological polar surface area (TPSA) is 59.0 Å². The summed E-state index contributed by atoms with van der Waals surface area (Å²) in [5.74, 6) is 0.691. The van der Waals surface area contributed by atoms with E-state index in [1.807, 2.05) is 37.3 Å². The van der Waals surface area contributed by atoms with Gasteiger partial charge in [0.15, 0.2) is 6.61 Å². The maximum Gasteiger partial charge on any atom is 0.174 e. The van der Waals surface area contributed by atoms with Gasteiger partial charge < -0.3 is 10.5 Å². The summed E-state index contributed by atoms with van der Waals surface area (Å²) < 4.78 is 5.13. The molecule has 2 N–H and O–H groups in total. The van der Waals surface area contributed by atoms with Crippen molar-refractivity contribution in [2.75, 3.05) is 6.61 Å². The lowest BCUT2D eigenvalue weighted by Crippen LogP contribution is -2.05. The molecule has 0 saturated heterocycles. The summed E-state index contributed by atoms with van der Waals surface area (Å²) in [6.45, 7) is 1.98. The molecule has 13 heavy (non-hydrogen) atoms. The minimum Gasteiger partial charge on any atom is -0.479 e. The van der Waals surface area contributed by atoms with Crippen molar-refractivity contribution in [1.82, 2.24) is 0 Å². The van der Waals surface area contributed by atoms with Crippen LogP contribution in [0.4, 0.5) is 0 Å². The van der Waals surface area contributed by atoms with Crippen molar-refractivity contribution >= 4 is 0 Å². The molecule has 0 aliphatic rings. The summed E-state index contributed by atoms with van der Waals surface area (Å²) in [7, 11) is 0. The molecule has 3 heteroatoms. The standard InChI is InChI=1S/C10H12N2O/c1-8(12)9-3-2-4-10(7-9)13-6-5-11/h2-4,7-8H,6,12H2,1H3/t8-/m1/s1. The Hall–Kier alpha value is -1.53. The third-order valence-corrected chi connectivity index (χ3v) is 1.69. The normalized spacial score (nSPS) is 11.8. The number of nitrogens with two attached hydrogens (primary N) is 1. The summed E-state index contributed by atoms with van der Waals surface area (Å²) in [5, 5.41) is 8.31. The fourth-order valence-corrected chi connectivity index (χ4v) is 1.00. The quantitative estimate of drug-likeness (QED) is 0.761. The SMILES string of the molecule is C[C@@H](N)c1cccc(OCC#N)c1. The highest BCUT2D eigenvalue weighted by Gasteiger charge is 2.00. The number of hydrogen-bond donors (Lipinski definition) is 1. The van der Waals surface area contributed by atoms with Crippen LogP contribution >= 0.6 is 0 Å². The zero-order valence-electron chi connectivity index (χ0n) is 7.53. The lowest BCUT2D eigenvalue weighted by Gasteiger charge is -2.07. The van der Waals surface area contributed by atoms with E-state index in [2.05, 4.69) is 0 Å². The van der Waals surface area contributed by atoms with Crippen LogP contribution in [0.3, 0.4) is 0 Å². The maximum absolute atomic E-state index is 8.31. The molecule has 1 rings (SSSR count). The molecule has 0 radical (unpaired) electrons. The van der Waals surface area contributed by atoms with Crippen LogP contribution in [0.15, 0.2) is 24.3 Å². The van der Waals surface area contributed by atoms with Crippen molar-refractivity contribution in [3.8, 4) is 11.8 Å². The first-order valence-corrected chi connectivity index (χ1v) is 4.09. The molecule has 0 fully saturated rings. The molecule has 1 atom stereocenters. The molecular formula is C10H12N2O. The van der Waals surface area contributed by atoms with Crippen LogP contribution in [-0.2, 0) is 0 Å². The zero-order chi connectivity index (χ0) is 9.68. The van der Waals surface area contributed by atoms with Gasteiger partial charge in [0.05, 0.1) is 0 Å². The Morgan fingerprint density at radius 1 is 1.62 bits per heavy atom. The summed E-state index contributed by atoms with van der Waals surface area (Å²) in [5.41, 5.74) is 6.70. The Morgan fingerprint density at radius 2 is 2.38 bits per heavy atom. The molecule has 0 aromatic heterocycles. The van der Waals surface area contributed by atoms with Crippen LogP contribution in [0.2, 0.25) is 0 Å². The van der Waals surface area contributed by atoms with Gasteiger partial charge in [-0.1, -0.05) is 12.1 Å². The zero-order valence-corrected chi connectivity index (χ0v) is 7.53. The summed E-state index contributed by atoms with van der Waals surface area (Å²) in [6.07, 6.45) is 0. The average Bonchev–Trinajstić information content (AvgIpc) is 2.15. The van der Waals surface area contributed by atoms with E-state index >= 15 is 0 Å². The number of rotatable bonds is 3. The van der Waals surface area contributed by atoms with Crippen molar-refractivity contribution in [3.05, 3.63) is 29.8 Å². The minimum atomic E-state index is -0.00867. The van der Waals surface area contributed by atoms with Gasteiger partial charge in [-0.3, -0.25) is 0 Å². The van der Waals surface area contributed by atoms with E-state index in [4.69, 9.17) is 15.7 Å². The van der Waals surface area contributed by atoms with Crippen LogP contribution in [0.25, 0.3) is 0 Å².